The number of likely N-dealkylation sites (tertiary alicyclic amines) is 1. The summed E-state index contributed by atoms with van der Waals surface area (Å²) in [7, 11) is -3.84. The third-order valence-electron chi connectivity index (χ3n) is 9.43. The number of rotatable bonds is 13. The van der Waals surface area contributed by atoms with E-state index in [1.807, 2.05) is 58.0 Å². The van der Waals surface area contributed by atoms with E-state index >= 15 is 0 Å². The predicted molar refractivity (Wildman–Crippen MR) is 179 cm³/mol. The molecule has 3 rings (SSSR count). The lowest BCUT2D eigenvalue weighted by molar-refractivity contribution is -0.133. The largest absolute Gasteiger partial charge is 0.450 e. The van der Waals surface area contributed by atoms with Gasteiger partial charge in [0.05, 0.1) is 29.5 Å². The number of piperidine rings is 1. The summed E-state index contributed by atoms with van der Waals surface area (Å²) >= 11 is 0. The SMILES string of the molecule is CCCOC(=O)N[C@H](C(=O)NC(Cc1ccccc1)C(O)CN1C[C@H]2CCCC[C@H]2CC1C(=O)NC(C)(C)C)C(C)(C)S(C)(=O)=O. The molecule has 6 atom stereocenters. The van der Waals surface area contributed by atoms with E-state index in [1.165, 1.54) is 13.8 Å². The molecular formula is C34H56N4O7S. The lowest BCUT2D eigenvalue weighted by Gasteiger charge is -2.47. The zero-order valence-corrected chi connectivity index (χ0v) is 29.5. The van der Waals surface area contributed by atoms with Crippen LogP contribution in [-0.2, 0) is 30.6 Å². The number of carbonyl (C=O) groups excluding carboxylic acids is 3. The molecule has 3 unspecified atom stereocenters. The summed E-state index contributed by atoms with van der Waals surface area (Å²) in [6, 6.07) is 6.60. The van der Waals surface area contributed by atoms with Crippen LogP contribution in [0.4, 0.5) is 4.79 Å². The summed E-state index contributed by atoms with van der Waals surface area (Å²) in [6.07, 6.45) is 5.00. The Balaban J connectivity index is 1.91. The number of sulfone groups is 1. The van der Waals surface area contributed by atoms with Gasteiger partial charge in [-0.05, 0) is 77.7 Å². The summed E-state index contributed by atoms with van der Waals surface area (Å²) < 4.78 is 29.1. The highest BCUT2D eigenvalue weighted by Gasteiger charge is 2.46. The fraction of sp³-hybridized carbons (Fsp3) is 0.735. The van der Waals surface area contributed by atoms with E-state index in [2.05, 4.69) is 20.9 Å². The first-order valence-electron chi connectivity index (χ1n) is 16.6. The van der Waals surface area contributed by atoms with Gasteiger partial charge in [0.15, 0.2) is 9.84 Å². The van der Waals surface area contributed by atoms with Crippen LogP contribution in [0.3, 0.4) is 0 Å². The van der Waals surface area contributed by atoms with E-state index in [4.69, 9.17) is 4.74 Å². The van der Waals surface area contributed by atoms with Crippen molar-refractivity contribution in [2.45, 2.75) is 121 Å². The second kappa shape index (κ2) is 15.9. The molecule has 0 bridgehead atoms. The van der Waals surface area contributed by atoms with Crippen molar-refractivity contribution < 1.29 is 32.6 Å². The van der Waals surface area contributed by atoms with E-state index in [-0.39, 0.29) is 25.5 Å². The Labute approximate surface area is 275 Å². The molecule has 12 heteroatoms. The number of β-amino-alcohol motifs (C(OH)–C–C–N with tert-alkyl or cyclic N) is 1. The minimum Gasteiger partial charge on any atom is -0.450 e. The molecule has 260 valence electrons. The molecule has 1 aromatic rings. The quantitative estimate of drug-likeness (QED) is 0.251. The first-order valence-corrected chi connectivity index (χ1v) is 18.5. The molecule has 3 amide bonds. The standard InChI is InChI=1S/C34H56N4O7S/c1-8-18-45-32(42)36-29(34(5,6)46(7,43)44)31(41)35-26(19-23-14-10-9-11-15-23)28(39)22-38-21-25-17-13-12-16-24(25)20-27(38)30(40)37-33(2,3)4/h9-11,14-15,24-29,39H,8,12-13,16-22H2,1-7H3,(H,35,41)(H,36,42)(H,37,40)/t24-,25+,26?,27?,28?,29+/m0/s1. The van der Waals surface area contributed by atoms with Gasteiger partial charge in [-0.2, -0.15) is 0 Å². The number of fused-ring (bicyclic) bond motifs is 1. The van der Waals surface area contributed by atoms with E-state index in [0.29, 0.717) is 31.2 Å². The lowest BCUT2D eigenvalue weighted by Crippen LogP contribution is -2.64. The normalized spacial score (nSPS) is 22.9. The Hall–Kier alpha value is -2.70. The Bertz CT molecular complexity index is 1280. The number of aliphatic hydroxyl groups excluding tert-OH is 1. The van der Waals surface area contributed by atoms with Crippen molar-refractivity contribution >= 4 is 27.7 Å². The van der Waals surface area contributed by atoms with E-state index in [9.17, 15) is 27.9 Å². The van der Waals surface area contributed by atoms with Crippen molar-refractivity contribution in [1.29, 1.82) is 0 Å². The molecule has 2 fully saturated rings. The van der Waals surface area contributed by atoms with Gasteiger partial charge in [0.2, 0.25) is 11.8 Å². The first-order chi connectivity index (χ1) is 21.4. The number of ether oxygens (including phenoxy) is 1. The summed E-state index contributed by atoms with van der Waals surface area (Å²) in [5.74, 6) is 0.0595. The van der Waals surface area contributed by atoms with Crippen molar-refractivity contribution in [3.05, 3.63) is 35.9 Å². The molecule has 0 spiro atoms. The number of alkyl carbamates (subject to hydrolysis) is 1. The van der Waals surface area contributed by atoms with Gasteiger partial charge in [-0.25, -0.2) is 13.2 Å². The Morgan fingerprint density at radius 3 is 2.24 bits per heavy atom. The number of nitrogens with one attached hydrogen (secondary N) is 3. The van der Waals surface area contributed by atoms with E-state index in [1.54, 1.807) is 0 Å². The van der Waals surface area contributed by atoms with Crippen LogP contribution in [0.1, 0.15) is 85.6 Å². The van der Waals surface area contributed by atoms with Crippen molar-refractivity contribution in [2.24, 2.45) is 11.8 Å². The maximum Gasteiger partial charge on any atom is 0.407 e. The van der Waals surface area contributed by atoms with Crippen molar-refractivity contribution in [3.63, 3.8) is 0 Å². The van der Waals surface area contributed by atoms with Gasteiger partial charge in [-0.15, -0.1) is 0 Å². The summed E-state index contributed by atoms with van der Waals surface area (Å²) in [5, 5.41) is 20.3. The summed E-state index contributed by atoms with van der Waals surface area (Å²) in [4.78, 5) is 42.1. The summed E-state index contributed by atoms with van der Waals surface area (Å²) in [5.41, 5.74) is 0.440. The van der Waals surface area contributed by atoms with Crippen molar-refractivity contribution in [1.82, 2.24) is 20.9 Å². The Morgan fingerprint density at radius 1 is 1.02 bits per heavy atom. The molecular weight excluding hydrogens is 608 g/mol. The number of amides is 3. The average molecular weight is 665 g/mol. The average Bonchev–Trinajstić information content (AvgIpc) is 2.97. The van der Waals surface area contributed by atoms with Crippen LogP contribution < -0.4 is 16.0 Å². The van der Waals surface area contributed by atoms with Crippen LogP contribution >= 0.6 is 0 Å². The summed E-state index contributed by atoms with van der Waals surface area (Å²) in [6.45, 7) is 11.3. The topological polar surface area (TPSA) is 154 Å². The second-order valence-corrected chi connectivity index (χ2v) is 17.3. The lowest BCUT2D eigenvalue weighted by atomic mass is 9.72. The van der Waals surface area contributed by atoms with Gasteiger partial charge in [-0.1, -0.05) is 56.5 Å². The van der Waals surface area contributed by atoms with Gasteiger partial charge in [0.25, 0.3) is 0 Å². The molecule has 11 nitrogen and oxygen atoms in total. The van der Waals surface area contributed by atoms with Crippen LogP contribution in [0.25, 0.3) is 0 Å². The molecule has 1 saturated heterocycles. The van der Waals surface area contributed by atoms with Gasteiger partial charge < -0.3 is 25.8 Å². The van der Waals surface area contributed by atoms with Gasteiger partial charge >= 0.3 is 6.09 Å². The molecule has 1 saturated carbocycles. The number of hydrogen-bond acceptors (Lipinski definition) is 8. The third-order valence-corrected chi connectivity index (χ3v) is 11.6. The first kappa shape index (κ1) is 37.8. The number of nitrogens with zero attached hydrogens (tertiary/aromatic N) is 1. The molecule has 46 heavy (non-hydrogen) atoms. The molecule has 0 radical (unpaired) electrons. The molecule has 4 N–H and O–H groups in total. The maximum absolute atomic E-state index is 13.9. The number of hydrogen-bond donors (Lipinski definition) is 4. The number of benzene rings is 1. The molecule has 0 aromatic heterocycles. The van der Waals surface area contributed by atoms with Crippen LogP contribution in [0.2, 0.25) is 0 Å². The highest BCUT2D eigenvalue weighted by molar-refractivity contribution is 7.92. The zero-order valence-electron chi connectivity index (χ0n) is 28.7. The Kier molecular flexibility index (Phi) is 13.1. The van der Waals surface area contributed by atoms with Gasteiger partial charge in [0, 0.05) is 24.9 Å². The highest BCUT2D eigenvalue weighted by atomic mass is 32.2. The molecule has 1 aromatic carbocycles. The van der Waals surface area contributed by atoms with E-state index in [0.717, 1.165) is 37.5 Å². The predicted octanol–water partition coefficient (Wildman–Crippen LogP) is 3.20. The van der Waals surface area contributed by atoms with Crippen molar-refractivity contribution in [2.75, 3.05) is 26.0 Å². The van der Waals surface area contributed by atoms with Gasteiger partial charge in [0.1, 0.15) is 6.04 Å². The van der Waals surface area contributed by atoms with Gasteiger partial charge in [-0.3, -0.25) is 14.5 Å². The fourth-order valence-corrected chi connectivity index (χ4v) is 7.13. The molecule has 1 aliphatic heterocycles. The van der Waals surface area contributed by atoms with Crippen LogP contribution in [0.15, 0.2) is 30.3 Å². The maximum atomic E-state index is 13.9. The molecule has 1 aliphatic carbocycles. The van der Waals surface area contributed by atoms with Crippen LogP contribution in [-0.4, -0.2) is 96.8 Å². The van der Waals surface area contributed by atoms with Crippen LogP contribution in [0.5, 0.6) is 0 Å². The molecule has 1 heterocycles. The minimum atomic E-state index is -3.84. The zero-order chi connectivity index (χ0) is 34.3. The molecule has 2 aliphatic rings. The number of aliphatic hydroxyl groups is 1. The highest BCUT2D eigenvalue weighted by Crippen LogP contribution is 2.39. The second-order valence-electron chi connectivity index (χ2n) is 14.7. The monoisotopic (exact) mass is 664 g/mol. The minimum absolute atomic E-state index is 0.0721. The third kappa shape index (κ3) is 10.4. The van der Waals surface area contributed by atoms with E-state index < -0.39 is 56.4 Å². The van der Waals surface area contributed by atoms with Crippen LogP contribution in [0, 0.1) is 11.8 Å². The Morgan fingerprint density at radius 2 is 1.65 bits per heavy atom. The van der Waals surface area contributed by atoms with Crippen molar-refractivity contribution in [3.8, 4) is 0 Å². The number of carbonyl (C=O) groups is 3. The fourth-order valence-electron chi connectivity index (χ4n) is 6.54. The smallest absolute Gasteiger partial charge is 0.407 e.